The van der Waals surface area contributed by atoms with Gasteiger partial charge in [-0.15, -0.1) is 0 Å². The molecule has 0 saturated heterocycles. The Morgan fingerprint density at radius 3 is 2.50 bits per heavy atom. The van der Waals surface area contributed by atoms with Gasteiger partial charge in [-0.2, -0.15) is 18.3 Å². The standard InChI is InChI=1S/C14H10F3N5O2/c1-21-11-10(6-19-21)13(24)22(7-18-11)20-12(23)8-2-4-9(5-3-8)14(15,16)17/h2-7H,1H3,(H,20,23). The molecule has 1 aromatic carbocycles. The van der Waals surface area contributed by atoms with Crippen LogP contribution in [0.4, 0.5) is 13.2 Å². The Morgan fingerprint density at radius 2 is 1.88 bits per heavy atom. The van der Waals surface area contributed by atoms with Crippen LogP contribution in [0.2, 0.25) is 0 Å². The van der Waals surface area contributed by atoms with E-state index in [0.717, 1.165) is 35.3 Å². The number of alkyl halides is 3. The van der Waals surface area contributed by atoms with Crippen molar-refractivity contribution in [3.8, 4) is 0 Å². The summed E-state index contributed by atoms with van der Waals surface area (Å²) >= 11 is 0. The molecule has 0 radical (unpaired) electrons. The number of nitrogens with one attached hydrogen (secondary N) is 1. The number of nitrogens with zero attached hydrogens (tertiary/aromatic N) is 4. The first-order valence-electron chi connectivity index (χ1n) is 6.65. The van der Waals surface area contributed by atoms with Crippen LogP contribution in [-0.2, 0) is 13.2 Å². The second-order valence-corrected chi connectivity index (χ2v) is 4.94. The van der Waals surface area contributed by atoms with Crippen LogP contribution in [0.25, 0.3) is 11.0 Å². The lowest BCUT2D eigenvalue weighted by atomic mass is 10.1. The lowest BCUT2D eigenvalue weighted by Crippen LogP contribution is -2.33. The quantitative estimate of drug-likeness (QED) is 0.769. The van der Waals surface area contributed by atoms with Crippen LogP contribution in [0.15, 0.2) is 41.6 Å². The molecule has 3 aromatic rings. The maximum atomic E-state index is 12.5. The zero-order valence-corrected chi connectivity index (χ0v) is 12.2. The molecule has 2 heterocycles. The maximum absolute atomic E-state index is 12.5. The van der Waals surface area contributed by atoms with E-state index in [2.05, 4.69) is 15.5 Å². The minimum atomic E-state index is -4.48. The summed E-state index contributed by atoms with van der Waals surface area (Å²) in [6.45, 7) is 0. The molecule has 2 aromatic heterocycles. The molecule has 0 spiro atoms. The van der Waals surface area contributed by atoms with Crippen LogP contribution in [-0.4, -0.2) is 25.3 Å². The first kappa shape index (κ1) is 15.7. The number of hydrogen-bond acceptors (Lipinski definition) is 4. The summed E-state index contributed by atoms with van der Waals surface area (Å²) < 4.78 is 39.8. The molecule has 7 nitrogen and oxygen atoms in total. The number of halogens is 3. The molecule has 0 atom stereocenters. The molecule has 0 saturated carbocycles. The highest BCUT2D eigenvalue weighted by Gasteiger charge is 2.30. The fourth-order valence-corrected chi connectivity index (χ4v) is 2.09. The topological polar surface area (TPSA) is 81.8 Å². The zero-order chi connectivity index (χ0) is 17.5. The Balaban J connectivity index is 1.87. The van der Waals surface area contributed by atoms with E-state index >= 15 is 0 Å². The molecule has 1 N–H and O–H groups in total. The third-order valence-electron chi connectivity index (χ3n) is 3.35. The van der Waals surface area contributed by atoms with Gasteiger partial charge in [0.05, 0.1) is 11.8 Å². The number of rotatable bonds is 2. The highest BCUT2D eigenvalue weighted by molar-refractivity contribution is 6.00. The molecule has 10 heteroatoms. The maximum Gasteiger partial charge on any atom is 0.416 e. The van der Waals surface area contributed by atoms with Crippen molar-refractivity contribution >= 4 is 16.9 Å². The summed E-state index contributed by atoms with van der Waals surface area (Å²) in [6, 6.07) is 3.64. The number of benzene rings is 1. The third-order valence-corrected chi connectivity index (χ3v) is 3.35. The molecular weight excluding hydrogens is 327 g/mol. The molecule has 0 aliphatic rings. The molecule has 24 heavy (non-hydrogen) atoms. The fourth-order valence-electron chi connectivity index (χ4n) is 2.09. The number of aromatic nitrogens is 4. The molecular formula is C14H10F3N5O2. The number of amides is 1. The van der Waals surface area contributed by atoms with Crippen LogP contribution in [0.1, 0.15) is 15.9 Å². The minimum absolute atomic E-state index is 0.0267. The number of hydrogen-bond donors (Lipinski definition) is 1. The average molecular weight is 337 g/mol. The van der Waals surface area contributed by atoms with Gasteiger partial charge >= 0.3 is 6.18 Å². The molecule has 3 rings (SSSR count). The molecule has 1 amide bonds. The van der Waals surface area contributed by atoms with E-state index < -0.39 is 23.2 Å². The molecule has 0 aliphatic heterocycles. The van der Waals surface area contributed by atoms with Crippen molar-refractivity contribution < 1.29 is 18.0 Å². The number of aryl methyl sites for hydroxylation is 1. The van der Waals surface area contributed by atoms with Crippen molar-refractivity contribution in [3.63, 3.8) is 0 Å². The Labute approximate surface area is 132 Å². The highest BCUT2D eigenvalue weighted by atomic mass is 19.4. The van der Waals surface area contributed by atoms with Crippen LogP contribution < -0.4 is 11.0 Å². The van der Waals surface area contributed by atoms with Gasteiger partial charge in [-0.25, -0.2) is 9.66 Å². The Morgan fingerprint density at radius 1 is 1.21 bits per heavy atom. The smallest absolute Gasteiger partial charge is 0.267 e. The average Bonchev–Trinajstić information content (AvgIpc) is 2.91. The van der Waals surface area contributed by atoms with Crippen molar-refractivity contribution in [1.82, 2.24) is 19.4 Å². The van der Waals surface area contributed by atoms with E-state index in [4.69, 9.17) is 0 Å². The SMILES string of the molecule is Cn1ncc2c(=O)n(NC(=O)c3ccc(C(F)(F)F)cc3)cnc21. The van der Waals surface area contributed by atoms with Gasteiger partial charge in [0.15, 0.2) is 5.65 Å². The van der Waals surface area contributed by atoms with Gasteiger partial charge < -0.3 is 0 Å². The molecule has 124 valence electrons. The van der Waals surface area contributed by atoms with E-state index in [9.17, 15) is 22.8 Å². The first-order chi connectivity index (χ1) is 11.3. The summed E-state index contributed by atoms with van der Waals surface area (Å²) in [6.07, 6.45) is -2.07. The monoisotopic (exact) mass is 337 g/mol. The van der Waals surface area contributed by atoms with Crippen molar-refractivity contribution in [2.45, 2.75) is 6.18 Å². The van der Waals surface area contributed by atoms with E-state index in [-0.39, 0.29) is 10.9 Å². The molecule has 0 unspecified atom stereocenters. The van der Waals surface area contributed by atoms with Gasteiger partial charge in [0.1, 0.15) is 11.7 Å². The summed E-state index contributed by atoms with van der Waals surface area (Å²) in [4.78, 5) is 28.3. The van der Waals surface area contributed by atoms with Crippen molar-refractivity contribution in [2.75, 3.05) is 5.43 Å². The minimum Gasteiger partial charge on any atom is -0.267 e. The Kier molecular flexibility index (Phi) is 3.59. The Bertz CT molecular complexity index is 973. The van der Waals surface area contributed by atoms with Crippen molar-refractivity contribution in [2.24, 2.45) is 7.05 Å². The van der Waals surface area contributed by atoms with Crippen LogP contribution >= 0.6 is 0 Å². The molecule has 0 bridgehead atoms. The number of carbonyl (C=O) groups is 1. The Hall–Kier alpha value is -3.17. The van der Waals surface area contributed by atoms with Gasteiger partial charge in [0.25, 0.3) is 11.5 Å². The summed E-state index contributed by atoms with van der Waals surface area (Å²) in [5.74, 6) is -0.740. The van der Waals surface area contributed by atoms with Crippen LogP contribution in [0, 0.1) is 0 Å². The lowest BCUT2D eigenvalue weighted by Gasteiger charge is -2.09. The zero-order valence-electron chi connectivity index (χ0n) is 12.2. The number of fused-ring (bicyclic) bond motifs is 1. The lowest BCUT2D eigenvalue weighted by molar-refractivity contribution is -0.137. The summed E-state index contributed by atoms with van der Waals surface area (Å²) in [5.41, 5.74) is 1.18. The third kappa shape index (κ3) is 2.73. The fraction of sp³-hybridized carbons (Fsp3) is 0.143. The first-order valence-corrected chi connectivity index (χ1v) is 6.65. The number of carbonyl (C=O) groups excluding carboxylic acids is 1. The predicted molar refractivity (Wildman–Crippen MR) is 77.9 cm³/mol. The van der Waals surface area contributed by atoms with E-state index in [1.54, 1.807) is 7.05 Å². The molecule has 0 aliphatic carbocycles. The van der Waals surface area contributed by atoms with Gasteiger partial charge in [0.2, 0.25) is 0 Å². The van der Waals surface area contributed by atoms with Crippen molar-refractivity contribution in [3.05, 3.63) is 58.3 Å². The van der Waals surface area contributed by atoms with Gasteiger partial charge in [0, 0.05) is 12.6 Å². The molecule has 0 fully saturated rings. The van der Waals surface area contributed by atoms with Gasteiger partial charge in [-0.1, -0.05) is 0 Å². The summed E-state index contributed by atoms with van der Waals surface area (Å²) in [7, 11) is 1.61. The van der Waals surface area contributed by atoms with Gasteiger partial charge in [-0.05, 0) is 24.3 Å². The predicted octanol–water partition coefficient (Wildman–Crippen LogP) is 1.53. The van der Waals surface area contributed by atoms with E-state index in [0.29, 0.717) is 5.65 Å². The van der Waals surface area contributed by atoms with E-state index in [1.807, 2.05) is 0 Å². The van der Waals surface area contributed by atoms with Gasteiger partial charge in [-0.3, -0.25) is 19.7 Å². The van der Waals surface area contributed by atoms with Crippen LogP contribution in [0.5, 0.6) is 0 Å². The largest absolute Gasteiger partial charge is 0.416 e. The van der Waals surface area contributed by atoms with Crippen molar-refractivity contribution in [1.29, 1.82) is 0 Å². The second-order valence-electron chi connectivity index (χ2n) is 4.94. The van der Waals surface area contributed by atoms with Crippen LogP contribution in [0.3, 0.4) is 0 Å². The normalized spacial score (nSPS) is 11.7. The second kappa shape index (κ2) is 5.48. The highest BCUT2D eigenvalue weighted by Crippen LogP contribution is 2.29. The van der Waals surface area contributed by atoms with E-state index in [1.165, 1.54) is 10.9 Å². The summed E-state index contributed by atoms with van der Waals surface area (Å²) in [5, 5.41) is 4.09.